The Bertz CT molecular complexity index is 139. The summed E-state index contributed by atoms with van der Waals surface area (Å²) < 4.78 is 0. The van der Waals surface area contributed by atoms with E-state index < -0.39 is 0 Å². The van der Waals surface area contributed by atoms with Crippen LogP contribution in [0.1, 0.15) is 33.1 Å². The van der Waals surface area contributed by atoms with Crippen molar-refractivity contribution in [2.45, 2.75) is 39.2 Å². The molecule has 0 heterocycles. The van der Waals surface area contributed by atoms with Crippen molar-refractivity contribution in [1.29, 1.82) is 0 Å². The second-order valence-corrected chi connectivity index (χ2v) is 4.55. The van der Waals surface area contributed by atoms with E-state index in [0.29, 0.717) is 11.5 Å². The summed E-state index contributed by atoms with van der Waals surface area (Å²) >= 11 is 0. The van der Waals surface area contributed by atoms with Gasteiger partial charge in [-0.2, -0.15) is 0 Å². The number of rotatable bonds is 5. The molecule has 0 spiro atoms. The maximum Gasteiger partial charge on any atom is 0.00381 e. The van der Waals surface area contributed by atoms with E-state index in [2.05, 4.69) is 25.8 Å². The Morgan fingerprint density at radius 2 is 2.00 bits per heavy atom. The van der Waals surface area contributed by atoms with Crippen molar-refractivity contribution in [3.05, 3.63) is 0 Å². The predicted molar refractivity (Wildman–Crippen MR) is 53.1 cm³/mol. The highest BCUT2D eigenvalue weighted by Gasteiger charge is 2.42. The van der Waals surface area contributed by atoms with Crippen molar-refractivity contribution < 1.29 is 0 Å². The van der Waals surface area contributed by atoms with Crippen molar-refractivity contribution in [3.8, 4) is 0 Å². The molecule has 72 valence electrons. The van der Waals surface area contributed by atoms with Crippen LogP contribution < -0.4 is 5.73 Å². The first-order valence-electron chi connectivity index (χ1n) is 5.00. The van der Waals surface area contributed by atoms with E-state index in [1.807, 2.05) is 0 Å². The third-order valence-corrected chi connectivity index (χ3v) is 3.10. The number of nitrogens with two attached hydrogens (primary N) is 1. The largest absolute Gasteiger partial charge is 0.330 e. The Morgan fingerprint density at radius 1 is 1.42 bits per heavy atom. The molecule has 1 aliphatic rings. The van der Waals surface area contributed by atoms with Crippen LogP contribution in [0.5, 0.6) is 0 Å². The van der Waals surface area contributed by atoms with Crippen LogP contribution in [0.3, 0.4) is 0 Å². The minimum Gasteiger partial charge on any atom is -0.330 e. The molecule has 0 aromatic heterocycles. The molecule has 2 N–H and O–H groups in total. The average Bonchev–Trinajstić information content (AvgIpc) is 2.69. The first-order chi connectivity index (χ1) is 5.59. The molecular weight excluding hydrogens is 148 g/mol. The minimum atomic E-state index is 0.605. The molecule has 1 fully saturated rings. The van der Waals surface area contributed by atoms with Gasteiger partial charge in [0.1, 0.15) is 0 Å². The van der Waals surface area contributed by atoms with E-state index in [4.69, 9.17) is 5.73 Å². The molecule has 0 amide bonds. The lowest BCUT2D eigenvalue weighted by atomic mass is 10.0. The van der Waals surface area contributed by atoms with Gasteiger partial charge in [0, 0.05) is 12.6 Å². The average molecular weight is 170 g/mol. The van der Waals surface area contributed by atoms with Crippen LogP contribution in [0, 0.1) is 5.41 Å². The predicted octanol–water partition coefficient (Wildman–Crippen LogP) is 1.46. The number of hydrogen-bond acceptors (Lipinski definition) is 2. The maximum absolute atomic E-state index is 5.59. The van der Waals surface area contributed by atoms with Crippen molar-refractivity contribution in [1.82, 2.24) is 4.90 Å². The molecule has 2 heteroatoms. The molecule has 0 aromatic rings. The fraction of sp³-hybridized carbons (Fsp3) is 1.00. The zero-order valence-corrected chi connectivity index (χ0v) is 8.64. The summed E-state index contributed by atoms with van der Waals surface area (Å²) in [6.07, 6.45) is 3.99. The molecule has 0 aliphatic heterocycles. The van der Waals surface area contributed by atoms with Crippen molar-refractivity contribution in [3.63, 3.8) is 0 Å². The topological polar surface area (TPSA) is 29.3 Å². The molecule has 1 saturated carbocycles. The summed E-state index contributed by atoms with van der Waals surface area (Å²) in [5.74, 6) is 0. The van der Waals surface area contributed by atoms with Gasteiger partial charge in [-0.1, -0.05) is 0 Å². The van der Waals surface area contributed by atoms with Gasteiger partial charge in [-0.3, -0.25) is 0 Å². The summed E-state index contributed by atoms with van der Waals surface area (Å²) in [5, 5.41) is 0. The highest BCUT2D eigenvalue weighted by Crippen LogP contribution is 2.48. The zero-order chi connectivity index (χ0) is 9.19. The lowest BCUT2D eigenvalue weighted by Crippen LogP contribution is -2.33. The van der Waals surface area contributed by atoms with Crippen molar-refractivity contribution in [2.75, 3.05) is 20.1 Å². The van der Waals surface area contributed by atoms with E-state index in [1.54, 1.807) is 0 Å². The monoisotopic (exact) mass is 170 g/mol. The summed E-state index contributed by atoms with van der Waals surface area (Å²) in [7, 11) is 2.21. The molecule has 0 aromatic carbocycles. The third kappa shape index (κ3) is 2.46. The third-order valence-electron chi connectivity index (χ3n) is 3.10. The van der Waals surface area contributed by atoms with E-state index in [1.165, 1.54) is 25.8 Å². The molecule has 1 aliphatic carbocycles. The Morgan fingerprint density at radius 3 is 2.33 bits per heavy atom. The van der Waals surface area contributed by atoms with Crippen LogP contribution in [0.4, 0.5) is 0 Å². The van der Waals surface area contributed by atoms with Gasteiger partial charge < -0.3 is 10.6 Å². The van der Waals surface area contributed by atoms with Gasteiger partial charge in [-0.25, -0.2) is 0 Å². The molecular formula is C10H22N2. The van der Waals surface area contributed by atoms with Gasteiger partial charge >= 0.3 is 0 Å². The van der Waals surface area contributed by atoms with Crippen LogP contribution >= 0.6 is 0 Å². The van der Waals surface area contributed by atoms with Crippen LogP contribution in [0.15, 0.2) is 0 Å². The quantitative estimate of drug-likeness (QED) is 0.677. The van der Waals surface area contributed by atoms with Crippen LogP contribution in [0.25, 0.3) is 0 Å². The van der Waals surface area contributed by atoms with Gasteiger partial charge in [0.05, 0.1) is 0 Å². The molecule has 0 bridgehead atoms. The van der Waals surface area contributed by atoms with Gasteiger partial charge in [0.25, 0.3) is 0 Å². The maximum atomic E-state index is 5.59. The Hall–Kier alpha value is -0.0800. The summed E-state index contributed by atoms with van der Waals surface area (Å²) in [6.45, 7) is 6.59. The lowest BCUT2D eigenvalue weighted by molar-refractivity contribution is 0.213. The van der Waals surface area contributed by atoms with E-state index >= 15 is 0 Å². The first-order valence-corrected chi connectivity index (χ1v) is 5.00. The zero-order valence-electron chi connectivity index (χ0n) is 8.64. The molecule has 12 heavy (non-hydrogen) atoms. The highest BCUT2D eigenvalue weighted by atomic mass is 15.1. The van der Waals surface area contributed by atoms with Crippen LogP contribution in [-0.2, 0) is 0 Å². The molecule has 0 radical (unpaired) electrons. The molecule has 0 unspecified atom stereocenters. The highest BCUT2D eigenvalue weighted by molar-refractivity contribution is 4.95. The van der Waals surface area contributed by atoms with E-state index in [9.17, 15) is 0 Å². The molecule has 1 rings (SSSR count). The van der Waals surface area contributed by atoms with E-state index in [0.717, 1.165) is 6.54 Å². The van der Waals surface area contributed by atoms with Gasteiger partial charge in [0.15, 0.2) is 0 Å². The first kappa shape index (κ1) is 10.0. The van der Waals surface area contributed by atoms with Gasteiger partial charge in [-0.05, 0) is 52.1 Å². The molecule has 2 nitrogen and oxygen atoms in total. The number of hydrogen-bond donors (Lipinski definition) is 1. The lowest BCUT2D eigenvalue weighted by Gasteiger charge is -2.26. The van der Waals surface area contributed by atoms with Crippen molar-refractivity contribution in [2.24, 2.45) is 11.1 Å². The Kier molecular flexibility index (Phi) is 3.13. The molecule has 0 saturated heterocycles. The van der Waals surface area contributed by atoms with Gasteiger partial charge in [0.2, 0.25) is 0 Å². The summed E-state index contributed by atoms with van der Waals surface area (Å²) in [5.41, 5.74) is 6.19. The summed E-state index contributed by atoms with van der Waals surface area (Å²) in [6, 6.07) is 0.667. The van der Waals surface area contributed by atoms with Crippen molar-refractivity contribution >= 4 is 0 Å². The SMILES string of the molecule is CC(C)N(C)CC1(CCN)CC1. The minimum absolute atomic E-state index is 0.605. The smallest absolute Gasteiger partial charge is 0.00381 e. The van der Waals surface area contributed by atoms with Gasteiger partial charge in [-0.15, -0.1) is 0 Å². The van der Waals surface area contributed by atoms with Crippen LogP contribution in [-0.4, -0.2) is 31.1 Å². The second kappa shape index (κ2) is 3.75. The van der Waals surface area contributed by atoms with Crippen LogP contribution in [0.2, 0.25) is 0 Å². The fourth-order valence-electron chi connectivity index (χ4n) is 1.68. The Balaban J connectivity index is 2.29. The Labute approximate surface area is 76.1 Å². The normalized spacial score (nSPS) is 20.5. The summed E-state index contributed by atoms with van der Waals surface area (Å²) in [4.78, 5) is 2.43. The number of nitrogens with zero attached hydrogens (tertiary/aromatic N) is 1. The second-order valence-electron chi connectivity index (χ2n) is 4.55. The molecule has 0 atom stereocenters. The standard InChI is InChI=1S/C10H22N2/c1-9(2)12(3)8-10(4-5-10)6-7-11/h9H,4-8,11H2,1-3H3. The van der Waals surface area contributed by atoms with E-state index in [-0.39, 0.29) is 0 Å². The fourth-order valence-corrected chi connectivity index (χ4v) is 1.68.